The largest absolute Gasteiger partial charge is 0.368 e. The fraction of sp³-hybridized carbons (Fsp3) is 0.432. The minimum absolute atomic E-state index is 0.0644. The van der Waals surface area contributed by atoms with Gasteiger partial charge in [0, 0.05) is 54.1 Å². The molecule has 8 rings (SSSR count). The minimum Gasteiger partial charge on any atom is -0.368 e. The lowest BCUT2D eigenvalue weighted by Crippen LogP contribution is -2.57. The SMILES string of the molecule is CC1C(N=C(Nc2ccc3c(=O)n(CCc4ccc(Cl)cc4Cl)cnc3c2)N2CCN(c3ccccc3)CC2)CC2CC1C2(C)C. The highest BCUT2D eigenvalue weighted by atomic mass is 35.5. The average molecular weight is 658 g/mol. The number of rotatable bonds is 6. The van der Waals surface area contributed by atoms with Gasteiger partial charge in [-0.05, 0) is 90.5 Å². The zero-order valence-corrected chi connectivity index (χ0v) is 28.3. The van der Waals surface area contributed by atoms with E-state index in [9.17, 15) is 4.79 Å². The van der Waals surface area contributed by atoms with Crippen LogP contribution in [0.5, 0.6) is 0 Å². The monoisotopic (exact) mass is 656 g/mol. The molecule has 46 heavy (non-hydrogen) atoms. The summed E-state index contributed by atoms with van der Waals surface area (Å²) >= 11 is 12.4. The van der Waals surface area contributed by atoms with Crippen LogP contribution in [0.25, 0.3) is 10.9 Å². The van der Waals surface area contributed by atoms with Crippen LogP contribution in [0, 0.1) is 23.2 Å². The van der Waals surface area contributed by atoms with E-state index in [0.717, 1.165) is 61.6 Å². The number of aryl methyl sites for hydroxylation is 2. The third-order valence-corrected chi connectivity index (χ3v) is 11.6. The van der Waals surface area contributed by atoms with Gasteiger partial charge in [0.2, 0.25) is 0 Å². The van der Waals surface area contributed by atoms with E-state index in [0.29, 0.717) is 51.3 Å². The maximum Gasteiger partial charge on any atom is 0.261 e. The average Bonchev–Trinajstić information content (AvgIpc) is 3.06. The summed E-state index contributed by atoms with van der Waals surface area (Å²) in [6, 6.07) is 22.2. The summed E-state index contributed by atoms with van der Waals surface area (Å²) in [6.07, 6.45) is 4.71. The summed E-state index contributed by atoms with van der Waals surface area (Å²) in [5, 5.41) is 5.48. The Hall–Kier alpha value is -3.55. The van der Waals surface area contributed by atoms with E-state index in [-0.39, 0.29) is 5.56 Å². The molecule has 1 saturated heterocycles. The fourth-order valence-electron chi connectivity index (χ4n) is 7.95. The minimum atomic E-state index is -0.0644. The van der Waals surface area contributed by atoms with Crippen LogP contribution in [0.3, 0.4) is 0 Å². The van der Waals surface area contributed by atoms with Crippen LogP contribution >= 0.6 is 23.2 Å². The molecule has 4 aromatic rings. The number of halogens is 2. The Labute approximate surface area is 281 Å². The number of anilines is 2. The first kappa shape index (κ1) is 31.1. The van der Waals surface area contributed by atoms with Crippen LogP contribution in [-0.4, -0.2) is 52.6 Å². The van der Waals surface area contributed by atoms with Gasteiger partial charge in [0.15, 0.2) is 5.96 Å². The number of hydrogen-bond acceptors (Lipinski definition) is 4. The smallest absolute Gasteiger partial charge is 0.261 e. The first-order chi connectivity index (χ1) is 22.2. The quantitative estimate of drug-likeness (QED) is 0.171. The van der Waals surface area contributed by atoms with Gasteiger partial charge in [-0.1, -0.05) is 68.2 Å². The van der Waals surface area contributed by atoms with Crippen LogP contribution in [0.2, 0.25) is 10.0 Å². The van der Waals surface area contributed by atoms with Crippen molar-refractivity contribution in [1.82, 2.24) is 14.5 Å². The molecule has 3 aromatic carbocycles. The Morgan fingerprint density at radius 3 is 2.50 bits per heavy atom. The lowest BCUT2D eigenvalue weighted by Gasteiger charge is -2.61. The predicted molar refractivity (Wildman–Crippen MR) is 190 cm³/mol. The number of nitrogens with zero attached hydrogens (tertiary/aromatic N) is 5. The molecular formula is C37H42Cl2N6O. The van der Waals surface area contributed by atoms with E-state index in [1.807, 2.05) is 30.3 Å². The Morgan fingerprint density at radius 2 is 1.78 bits per heavy atom. The zero-order valence-electron chi connectivity index (χ0n) is 26.8. The molecule has 4 aliphatic rings. The van der Waals surface area contributed by atoms with Gasteiger partial charge in [0.1, 0.15) is 0 Å². The molecule has 0 amide bonds. The molecule has 0 spiro atoms. The third kappa shape index (κ3) is 6.00. The van der Waals surface area contributed by atoms with E-state index >= 15 is 0 Å². The van der Waals surface area contributed by atoms with Crippen LogP contribution in [0.15, 0.2) is 82.8 Å². The molecule has 2 bridgehead atoms. The maximum atomic E-state index is 13.4. The summed E-state index contributed by atoms with van der Waals surface area (Å²) in [7, 11) is 0. The van der Waals surface area contributed by atoms with Crippen molar-refractivity contribution in [3.8, 4) is 0 Å². The second-order valence-electron chi connectivity index (χ2n) is 13.9. The lowest BCUT2D eigenvalue weighted by atomic mass is 9.45. The van der Waals surface area contributed by atoms with Gasteiger partial charge in [-0.25, -0.2) is 9.98 Å². The van der Waals surface area contributed by atoms with Crippen molar-refractivity contribution in [3.05, 3.63) is 99.0 Å². The number of piperazine rings is 1. The number of guanidine groups is 1. The molecule has 1 N–H and O–H groups in total. The van der Waals surface area contributed by atoms with Crippen molar-refractivity contribution >= 4 is 51.4 Å². The van der Waals surface area contributed by atoms with Crippen LogP contribution < -0.4 is 15.8 Å². The molecule has 7 nitrogen and oxygen atoms in total. The summed E-state index contributed by atoms with van der Waals surface area (Å²) in [5.41, 5.74) is 4.12. The topological polar surface area (TPSA) is 65.8 Å². The van der Waals surface area contributed by atoms with Gasteiger partial charge in [0.25, 0.3) is 5.56 Å². The van der Waals surface area contributed by atoms with Crippen LogP contribution in [0.1, 0.15) is 39.2 Å². The van der Waals surface area contributed by atoms with Crippen molar-refractivity contribution in [2.45, 2.75) is 52.6 Å². The van der Waals surface area contributed by atoms with Crippen molar-refractivity contribution in [3.63, 3.8) is 0 Å². The first-order valence-corrected chi connectivity index (χ1v) is 17.3. The molecule has 3 aliphatic carbocycles. The Kier molecular flexibility index (Phi) is 8.49. The Balaban J connectivity index is 1.11. The van der Waals surface area contributed by atoms with Crippen molar-refractivity contribution in [1.29, 1.82) is 0 Å². The van der Waals surface area contributed by atoms with Crippen molar-refractivity contribution in [2.24, 2.45) is 28.2 Å². The van der Waals surface area contributed by atoms with E-state index < -0.39 is 0 Å². The van der Waals surface area contributed by atoms with Gasteiger partial charge in [0.05, 0.1) is 23.3 Å². The summed E-state index contributed by atoms with van der Waals surface area (Å²) in [4.78, 5) is 28.4. The summed E-state index contributed by atoms with van der Waals surface area (Å²) in [6.45, 7) is 11.4. The highest BCUT2D eigenvalue weighted by Gasteiger charge is 2.56. The van der Waals surface area contributed by atoms with Gasteiger partial charge in [-0.3, -0.25) is 9.36 Å². The second kappa shape index (κ2) is 12.6. The third-order valence-electron chi connectivity index (χ3n) is 11.0. The lowest BCUT2D eigenvalue weighted by molar-refractivity contribution is -0.108. The first-order valence-electron chi connectivity index (χ1n) is 16.5. The number of benzene rings is 3. The van der Waals surface area contributed by atoms with Gasteiger partial charge >= 0.3 is 0 Å². The standard InChI is InChI=1S/C37H42Cl2N6O/c1-24-31-19-26(37(31,2)3)20-33(24)42-36(44-17-15-43(16-18-44)29-7-5-4-6-8-29)41-28-11-12-30-34(22-28)40-23-45(35(30)46)14-13-25-9-10-27(38)21-32(25)39/h4-12,21-24,26,31,33H,13-20H2,1-3H3,(H,41,42). The molecule has 1 aliphatic heterocycles. The fourth-order valence-corrected chi connectivity index (χ4v) is 8.45. The number of para-hydroxylation sites is 1. The van der Waals surface area contributed by atoms with E-state index in [1.165, 1.54) is 12.1 Å². The van der Waals surface area contributed by atoms with Crippen molar-refractivity contribution in [2.75, 3.05) is 36.4 Å². The van der Waals surface area contributed by atoms with E-state index in [2.05, 4.69) is 71.2 Å². The van der Waals surface area contributed by atoms with Crippen LogP contribution in [0.4, 0.5) is 11.4 Å². The van der Waals surface area contributed by atoms with Crippen molar-refractivity contribution < 1.29 is 0 Å². The summed E-state index contributed by atoms with van der Waals surface area (Å²) in [5.74, 6) is 2.93. The molecule has 4 fully saturated rings. The number of fused-ring (bicyclic) bond motifs is 3. The summed E-state index contributed by atoms with van der Waals surface area (Å²) < 4.78 is 1.65. The predicted octanol–water partition coefficient (Wildman–Crippen LogP) is 7.61. The molecule has 2 heterocycles. The molecular weight excluding hydrogens is 615 g/mol. The Bertz CT molecular complexity index is 1810. The number of nitrogens with one attached hydrogen (secondary N) is 1. The molecule has 4 unspecified atom stereocenters. The number of aromatic nitrogens is 2. The van der Waals surface area contributed by atoms with E-state index in [1.54, 1.807) is 17.0 Å². The zero-order chi connectivity index (χ0) is 32.0. The second-order valence-corrected chi connectivity index (χ2v) is 14.7. The molecule has 4 atom stereocenters. The maximum absolute atomic E-state index is 13.4. The number of aliphatic imine (C=N–C) groups is 1. The van der Waals surface area contributed by atoms with E-state index in [4.69, 9.17) is 28.2 Å². The molecule has 3 saturated carbocycles. The molecule has 0 radical (unpaired) electrons. The van der Waals surface area contributed by atoms with Crippen LogP contribution in [-0.2, 0) is 13.0 Å². The molecule has 1 aromatic heterocycles. The van der Waals surface area contributed by atoms with Gasteiger partial charge in [-0.15, -0.1) is 0 Å². The number of hydrogen-bond donors (Lipinski definition) is 1. The Morgan fingerprint density at radius 1 is 1.00 bits per heavy atom. The van der Waals surface area contributed by atoms with Gasteiger partial charge < -0.3 is 15.1 Å². The highest BCUT2D eigenvalue weighted by Crippen LogP contribution is 2.61. The molecule has 240 valence electrons. The normalized spacial score (nSPS) is 24.2. The van der Waals surface area contributed by atoms with Gasteiger partial charge in [-0.2, -0.15) is 0 Å². The molecule has 9 heteroatoms. The highest BCUT2D eigenvalue weighted by molar-refractivity contribution is 6.35.